The van der Waals surface area contributed by atoms with Crippen LogP contribution in [0.4, 0.5) is 19.1 Å². The summed E-state index contributed by atoms with van der Waals surface area (Å²) in [5, 5.41) is 0. The van der Waals surface area contributed by atoms with Crippen molar-refractivity contribution in [1.82, 2.24) is 9.97 Å². The molecule has 0 bridgehead atoms. The Morgan fingerprint density at radius 1 is 0.966 bits per heavy atom. The molecule has 1 unspecified atom stereocenters. The Kier molecular flexibility index (Phi) is 5.56. The Balaban J connectivity index is 1.58. The summed E-state index contributed by atoms with van der Waals surface area (Å²) < 4.78 is 40.9. The van der Waals surface area contributed by atoms with Crippen molar-refractivity contribution >= 4 is 39.5 Å². The van der Waals surface area contributed by atoms with Gasteiger partial charge >= 0.3 is 178 Å². The number of aromatic nitrogens is 2. The van der Waals surface area contributed by atoms with Crippen LogP contribution in [0, 0.1) is 0 Å². The molecule has 1 atom stereocenters. The summed E-state index contributed by atoms with van der Waals surface area (Å²) in [7, 11) is 0. The van der Waals surface area contributed by atoms with Crippen molar-refractivity contribution < 1.29 is 17.9 Å². The number of alkyl halides is 3. The molecular weight excluding hydrogens is 462 g/mol. The summed E-state index contributed by atoms with van der Waals surface area (Å²) in [5.41, 5.74) is 2.40. The maximum absolute atomic E-state index is 12.3. The van der Waals surface area contributed by atoms with Crippen LogP contribution in [0.5, 0.6) is 5.75 Å². The fraction of sp³-hybridized carbons (Fsp3) is 0.100. The summed E-state index contributed by atoms with van der Waals surface area (Å²) in [6.07, 6.45) is -1.08. The molecule has 1 aliphatic rings. The SMILES string of the molecule is FC(F)(F)Oc1ccc(-c2ccnc(N3C=C(c4ccccc4)SC3[As])n2)cc1. The van der Waals surface area contributed by atoms with E-state index in [4.69, 9.17) is 0 Å². The molecule has 0 amide bonds. The van der Waals surface area contributed by atoms with Crippen LogP contribution in [-0.2, 0) is 0 Å². The van der Waals surface area contributed by atoms with Crippen LogP contribution >= 0.6 is 11.8 Å². The Morgan fingerprint density at radius 2 is 1.69 bits per heavy atom. The second kappa shape index (κ2) is 8.12. The number of thioether (sulfide) groups is 1. The molecule has 0 aliphatic carbocycles. The first kappa shape index (κ1) is 19.9. The quantitative estimate of drug-likeness (QED) is 0.494. The van der Waals surface area contributed by atoms with Gasteiger partial charge in [-0.3, -0.25) is 0 Å². The van der Waals surface area contributed by atoms with Gasteiger partial charge in [-0.2, -0.15) is 0 Å². The molecule has 9 heteroatoms. The second-order valence-electron chi connectivity index (χ2n) is 6.02. The minimum atomic E-state index is -4.71. The Morgan fingerprint density at radius 3 is 2.38 bits per heavy atom. The molecular formula is C20H13AsF3N3OS. The first-order chi connectivity index (χ1) is 13.9. The Bertz CT molecular complexity index is 1030. The molecule has 0 spiro atoms. The zero-order valence-electron chi connectivity index (χ0n) is 14.7. The molecule has 2 heterocycles. The zero-order chi connectivity index (χ0) is 20.4. The van der Waals surface area contributed by atoms with E-state index >= 15 is 0 Å². The summed E-state index contributed by atoms with van der Waals surface area (Å²) in [6.45, 7) is 0. The molecule has 0 fully saturated rings. The average Bonchev–Trinajstić information content (AvgIpc) is 3.10. The van der Waals surface area contributed by atoms with Crippen LogP contribution in [-0.4, -0.2) is 37.3 Å². The van der Waals surface area contributed by atoms with Crippen LogP contribution in [0.3, 0.4) is 0 Å². The number of anilines is 1. The number of hydrogen-bond acceptors (Lipinski definition) is 5. The van der Waals surface area contributed by atoms with E-state index in [1.165, 1.54) is 24.3 Å². The van der Waals surface area contributed by atoms with Crippen molar-refractivity contribution in [2.24, 2.45) is 0 Å². The third-order valence-corrected chi connectivity index (χ3v) is 6.26. The molecule has 1 aromatic heterocycles. The summed E-state index contributed by atoms with van der Waals surface area (Å²) >= 11 is 4.27. The van der Waals surface area contributed by atoms with Crippen molar-refractivity contribution in [3.05, 3.63) is 78.6 Å². The molecule has 4 nitrogen and oxygen atoms in total. The molecule has 0 N–H and O–H groups in total. The fourth-order valence-corrected chi connectivity index (χ4v) is 4.77. The van der Waals surface area contributed by atoms with E-state index in [1.54, 1.807) is 24.0 Å². The van der Waals surface area contributed by atoms with Gasteiger partial charge in [0, 0.05) is 0 Å². The van der Waals surface area contributed by atoms with Gasteiger partial charge in [-0.15, -0.1) is 0 Å². The molecule has 146 valence electrons. The molecule has 0 saturated carbocycles. The average molecular weight is 475 g/mol. The van der Waals surface area contributed by atoms with Gasteiger partial charge in [0.15, 0.2) is 0 Å². The standard InChI is InChI=1S/C20H13AsF3N3OS/c21-18-27(12-17(29-18)14-4-2-1-3-5-14)19-25-11-10-16(26-19)13-6-8-15(9-7-13)28-20(22,23)24/h1-12,18H. The Labute approximate surface area is 178 Å². The van der Waals surface area contributed by atoms with Gasteiger partial charge in [0.1, 0.15) is 0 Å². The molecule has 2 aromatic carbocycles. The third-order valence-electron chi connectivity index (χ3n) is 4.04. The maximum atomic E-state index is 12.3. The van der Waals surface area contributed by atoms with Crippen molar-refractivity contribution in [2.75, 3.05) is 4.90 Å². The van der Waals surface area contributed by atoms with Crippen LogP contribution < -0.4 is 9.64 Å². The van der Waals surface area contributed by atoms with E-state index in [0.29, 0.717) is 17.2 Å². The first-order valence-electron chi connectivity index (χ1n) is 8.48. The van der Waals surface area contributed by atoms with Gasteiger partial charge in [-0.25, -0.2) is 0 Å². The van der Waals surface area contributed by atoms with Gasteiger partial charge < -0.3 is 0 Å². The number of nitrogens with zero attached hydrogens (tertiary/aromatic N) is 3. The minimum absolute atomic E-state index is 0.0514. The van der Waals surface area contributed by atoms with E-state index < -0.39 is 6.36 Å². The topological polar surface area (TPSA) is 38.2 Å². The molecule has 4 rings (SSSR count). The predicted octanol–water partition coefficient (Wildman–Crippen LogP) is 5.05. The van der Waals surface area contributed by atoms with E-state index in [1.807, 2.05) is 41.4 Å². The van der Waals surface area contributed by atoms with Gasteiger partial charge in [0.25, 0.3) is 0 Å². The number of hydrogen-bond donors (Lipinski definition) is 0. The number of benzene rings is 2. The molecule has 1 aliphatic heterocycles. The Hall–Kier alpha value is -2.44. The van der Waals surface area contributed by atoms with E-state index in [0.717, 1.165) is 10.5 Å². The first-order valence-corrected chi connectivity index (χ1v) is 10.4. The number of rotatable bonds is 4. The van der Waals surface area contributed by atoms with E-state index in [9.17, 15) is 13.2 Å². The van der Waals surface area contributed by atoms with Crippen LogP contribution in [0.15, 0.2) is 73.1 Å². The molecule has 29 heavy (non-hydrogen) atoms. The van der Waals surface area contributed by atoms with E-state index in [2.05, 4.69) is 31.6 Å². The van der Waals surface area contributed by atoms with Gasteiger partial charge in [-0.05, 0) is 0 Å². The third kappa shape index (κ3) is 4.77. The summed E-state index contributed by atoms with van der Waals surface area (Å²) in [6, 6.07) is 17.4. The predicted molar refractivity (Wildman–Crippen MR) is 108 cm³/mol. The van der Waals surface area contributed by atoms with Gasteiger partial charge in [0.2, 0.25) is 0 Å². The van der Waals surface area contributed by atoms with Crippen molar-refractivity contribution in [2.45, 2.75) is 10.5 Å². The van der Waals surface area contributed by atoms with Crippen molar-refractivity contribution in [3.8, 4) is 17.0 Å². The monoisotopic (exact) mass is 475 g/mol. The van der Waals surface area contributed by atoms with Crippen molar-refractivity contribution in [1.29, 1.82) is 0 Å². The van der Waals surface area contributed by atoms with Gasteiger partial charge in [-0.1, -0.05) is 0 Å². The van der Waals surface area contributed by atoms with E-state index in [-0.39, 0.29) is 9.91 Å². The fourth-order valence-electron chi connectivity index (χ4n) is 2.75. The molecule has 3 aromatic rings. The zero-order valence-corrected chi connectivity index (χ0v) is 17.4. The molecule has 0 saturated heterocycles. The molecule has 2 radical (unpaired) electrons. The van der Waals surface area contributed by atoms with Crippen LogP contribution in [0.25, 0.3) is 16.2 Å². The van der Waals surface area contributed by atoms with Crippen LogP contribution in [0.1, 0.15) is 5.56 Å². The second-order valence-corrected chi connectivity index (χ2v) is 8.93. The van der Waals surface area contributed by atoms with Crippen molar-refractivity contribution in [3.63, 3.8) is 0 Å². The van der Waals surface area contributed by atoms with Crippen LogP contribution in [0.2, 0.25) is 0 Å². The summed E-state index contributed by atoms with van der Waals surface area (Å²) in [5.74, 6) is 0.245. The summed E-state index contributed by atoms with van der Waals surface area (Å²) in [4.78, 5) is 12.0. The normalized spacial score (nSPS) is 16.6. The van der Waals surface area contributed by atoms with Gasteiger partial charge in [0.05, 0.1) is 0 Å². The number of ether oxygens (including phenoxy) is 1. The number of halogens is 3.